The summed E-state index contributed by atoms with van der Waals surface area (Å²) in [5, 5.41) is 5.17. The van der Waals surface area contributed by atoms with Crippen molar-refractivity contribution in [2.45, 2.75) is 44.7 Å². The van der Waals surface area contributed by atoms with Gasteiger partial charge in [0, 0.05) is 24.2 Å². The monoisotopic (exact) mass is 328 g/mol. The van der Waals surface area contributed by atoms with Gasteiger partial charge >= 0.3 is 0 Å². The van der Waals surface area contributed by atoms with Crippen molar-refractivity contribution in [1.29, 1.82) is 0 Å². The van der Waals surface area contributed by atoms with Gasteiger partial charge in [-0.2, -0.15) is 0 Å². The van der Waals surface area contributed by atoms with Crippen LogP contribution in [-0.4, -0.2) is 30.4 Å². The number of nitrogens with zero attached hydrogens (tertiary/aromatic N) is 2. The number of anilines is 1. The molecule has 0 spiro atoms. The third kappa shape index (κ3) is 2.67. The molecule has 1 unspecified atom stereocenters. The average molecular weight is 328 g/mol. The van der Waals surface area contributed by atoms with Crippen molar-refractivity contribution < 1.29 is 8.42 Å². The van der Waals surface area contributed by atoms with Gasteiger partial charge in [0.1, 0.15) is 0 Å². The molecule has 6 nitrogen and oxygen atoms in total. The zero-order valence-corrected chi connectivity index (χ0v) is 14.0. The van der Waals surface area contributed by atoms with Crippen LogP contribution < -0.4 is 10.0 Å². The van der Waals surface area contributed by atoms with E-state index < -0.39 is 10.0 Å². The average Bonchev–Trinajstić information content (AvgIpc) is 2.78. The molecule has 1 aliphatic carbocycles. The second-order valence-corrected chi connectivity index (χ2v) is 8.62. The van der Waals surface area contributed by atoms with E-state index in [0.717, 1.165) is 12.8 Å². The third-order valence-corrected chi connectivity index (χ3v) is 6.08. The molecule has 116 valence electrons. The zero-order valence-electron chi connectivity index (χ0n) is 12.4. The van der Waals surface area contributed by atoms with Gasteiger partial charge in [-0.1, -0.05) is 20.8 Å². The molecule has 21 heavy (non-hydrogen) atoms. The van der Waals surface area contributed by atoms with Gasteiger partial charge in [0.2, 0.25) is 0 Å². The summed E-state index contributed by atoms with van der Waals surface area (Å²) in [5.41, 5.74) is 0.0442. The molecule has 8 heteroatoms. The maximum Gasteiger partial charge on any atom is 0.260 e. The molecular formula is C13H20N4O2S2. The van der Waals surface area contributed by atoms with E-state index in [2.05, 4.69) is 28.9 Å². The number of imidazole rings is 1. The van der Waals surface area contributed by atoms with Crippen LogP contribution in [0.4, 0.5) is 5.82 Å². The van der Waals surface area contributed by atoms with Crippen LogP contribution in [0.1, 0.15) is 33.6 Å². The number of sulfonamides is 1. The maximum atomic E-state index is 12.7. The van der Waals surface area contributed by atoms with Crippen LogP contribution in [0.5, 0.6) is 0 Å². The highest BCUT2D eigenvalue weighted by molar-refractivity contribution is 7.89. The molecule has 0 aromatic carbocycles. The first-order chi connectivity index (χ1) is 9.85. The van der Waals surface area contributed by atoms with Crippen molar-refractivity contribution >= 4 is 32.1 Å². The van der Waals surface area contributed by atoms with E-state index in [-0.39, 0.29) is 16.5 Å². The van der Waals surface area contributed by atoms with Crippen LogP contribution in [-0.2, 0) is 10.0 Å². The molecule has 1 saturated carbocycles. The van der Waals surface area contributed by atoms with Crippen LogP contribution in [0.25, 0.3) is 4.96 Å². The highest BCUT2D eigenvalue weighted by Gasteiger charge is 2.48. The molecule has 0 aliphatic heterocycles. The zero-order chi connectivity index (χ0) is 15.3. The number of nitrogens with one attached hydrogen (secondary N) is 2. The number of rotatable bonds is 6. The lowest BCUT2D eigenvalue weighted by atomic mass is 10.2. The van der Waals surface area contributed by atoms with Crippen molar-refractivity contribution in [3.05, 3.63) is 11.6 Å². The van der Waals surface area contributed by atoms with Gasteiger partial charge in [-0.3, -0.25) is 4.40 Å². The van der Waals surface area contributed by atoms with Gasteiger partial charge in [-0.25, -0.2) is 18.1 Å². The summed E-state index contributed by atoms with van der Waals surface area (Å²) in [6.45, 7) is 6.85. The van der Waals surface area contributed by atoms with Crippen molar-refractivity contribution in [1.82, 2.24) is 14.1 Å². The number of hydrogen-bond donors (Lipinski definition) is 2. The van der Waals surface area contributed by atoms with E-state index in [9.17, 15) is 8.42 Å². The molecule has 0 amide bonds. The van der Waals surface area contributed by atoms with Crippen molar-refractivity contribution in [2.24, 2.45) is 5.41 Å². The van der Waals surface area contributed by atoms with Crippen molar-refractivity contribution in [3.63, 3.8) is 0 Å². The van der Waals surface area contributed by atoms with Gasteiger partial charge < -0.3 is 5.32 Å². The lowest BCUT2D eigenvalue weighted by Crippen LogP contribution is -2.30. The fraction of sp³-hybridized carbons (Fsp3) is 0.615. The minimum Gasteiger partial charge on any atom is -0.368 e. The molecule has 2 N–H and O–H groups in total. The van der Waals surface area contributed by atoms with Crippen LogP contribution >= 0.6 is 11.3 Å². The molecule has 0 radical (unpaired) electrons. The molecular weight excluding hydrogens is 308 g/mol. The summed E-state index contributed by atoms with van der Waals surface area (Å²) in [6.07, 6.45) is 3.53. The fourth-order valence-corrected chi connectivity index (χ4v) is 4.73. The van der Waals surface area contributed by atoms with Crippen LogP contribution in [0.3, 0.4) is 0 Å². The summed E-state index contributed by atoms with van der Waals surface area (Å²) in [7, 11) is -3.59. The first-order valence-corrected chi connectivity index (χ1v) is 9.43. The van der Waals surface area contributed by atoms with E-state index in [1.165, 1.54) is 11.3 Å². The Kier molecular flexibility index (Phi) is 3.50. The Bertz CT molecular complexity index is 760. The molecule has 2 heterocycles. The van der Waals surface area contributed by atoms with Gasteiger partial charge in [0.05, 0.1) is 0 Å². The molecule has 0 bridgehead atoms. The summed E-state index contributed by atoms with van der Waals surface area (Å²) >= 11 is 1.43. The van der Waals surface area contributed by atoms with Gasteiger partial charge in [-0.05, 0) is 18.3 Å². The minimum absolute atomic E-state index is 0.00529. The van der Waals surface area contributed by atoms with Gasteiger partial charge in [0.15, 0.2) is 15.8 Å². The number of aromatic nitrogens is 2. The highest BCUT2D eigenvalue weighted by atomic mass is 32.2. The van der Waals surface area contributed by atoms with Crippen molar-refractivity contribution in [2.75, 3.05) is 11.9 Å². The lowest BCUT2D eigenvalue weighted by Gasteiger charge is -2.10. The summed E-state index contributed by atoms with van der Waals surface area (Å²) in [5.74, 6) is 0.439. The fourth-order valence-electron chi connectivity index (χ4n) is 2.29. The summed E-state index contributed by atoms with van der Waals surface area (Å²) in [6, 6.07) is 0.00529. The Morgan fingerprint density at radius 3 is 2.86 bits per heavy atom. The third-order valence-electron chi connectivity index (χ3n) is 3.83. The molecule has 2 aromatic heterocycles. The Hall–Kier alpha value is -1.12. The Morgan fingerprint density at radius 1 is 1.52 bits per heavy atom. The topological polar surface area (TPSA) is 75.5 Å². The predicted octanol–water partition coefficient (Wildman–Crippen LogP) is 2.29. The number of thiazole rings is 1. The quantitative estimate of drug-likeness (QED) is 0.853. The van der Waals surface area contributed by atoms with Crippen LogP contribution in [0.2, 0.25) is 0 Å². The Morgan fingerprint density at radius 2 is 2.24 bits per heavy atom. The molecule has 1 fully saturated rings. The number of hydrogen-bond acceptors (Lipinski definition) is 5. The van der Waals surface area contributed by atoms with Crippen LogP contribution in [0, 0.1) is 5.41 Å². The lowest BCUT2D eigenvalue weighted by molar-refractivity contribution is 0.552. The van der Waals surface area contributed by atoms with Gasteiger partial charge in [0.25, 0.3) is 10.0 Å². The van der Waals surface area contributed by atoms with E-state index in [0.29, 0.717) is 17.3 Å². The first kappa shape index (κ1) is 14.8. The second kappa shape index (κ2) is 4.96. The summed E-state index contributed by atoms with van der Waals surface area (Å²) in [4.78, 5) is 5.08. The first-order valence-electron chi connectivity index (χ1n) is 7.07. The molecule has 1 aliphatic rings. The molecule has 1 atom stereocenters. The highest BCUT2D eigenvalue weighted by Crippen LogP contribution is 2.45. The van der Waals surface area contributed by atoms with E-state index >= 15 is 0 Å². The largest absolute Gasteiger partial charge is 0.368 e. The van der Waals surface area contributed by atoms with E-state index in [4.69, 9.17) is 0 Å². The maximum absolute atomic E-state index is 12.7. The predicted molar refractivity (Wildman–Crippen MR) is 84.4 cm³/mol. The number of fused-ring (bicyclic) bond motifs is 1. The normalized spacial score (nSPS) is 20.8. The Balaban J connectivity index is 1.98. The molecule has 0 saturated heterocycles. The smallest absolute Gasteiger partial charge is 0.260 e. The molecule has 3 rings (SSSR count). The minimum atomic E-state index is -3.59. The second-order valence-electron chi connectivity index (χ2n) is 6.11. The summed E-state index contributed by atoms with van der Waals surface area (Å²) < 4.78 is 29.9. The van der Waals surface area contributed by atoms with Crippen molar-refractivity contribution in [3.8, 4) is 0 Å². The van der Waals surface area contributed by atoms with E-state index in [1.54, 1.807) is 10.6 Å². The SMILES string of the molecule is CCCNc1nc2sccn2c1S(=O)(=O)NC1CC1(C)C. The van der Waals surface area contributed by atoms with Gasteiger partial charge in [-0.15, -0.1) is 11.3 Å². The standard InChI is InChI=1S/C13H20N4O2S2/c1-4-5-14-10-11(17-6-7-20-12(17)15-10)21(18,19)16-9-8-13(9,2)3/h6-7,9,14,16H,4-5,8H2,1-3H3. The molecule has 2 aromatic rings. The van der Waals surface area contributed by atoms with Crippen LogP contribution in [0.15, 0.2) is 16.6 Å². The Labute approximate surface area is 128 Å². The van der Waals surface area contributed by atoms with E-state index in [1.807, 2.05) is 12.3 Å².